The Morgan fingerprint density at radius 1 is 1.28 bits per heavy atom. The number of imide groups is 1. The third-order valence-electron chi connectivity index (χ3n) is 4.44. The van der Waals surface area contributed by atoms with E-state index in [2.05, 4.69) is 10.6 Å². The zero-order valence-corrected chi connectivity index (χ0v) is 16.0. The van der Waals surface area contributed by atoms with E-state index in [-0.39, 0.29) is 23.5 Å². The zero-order chi connectivity index (χ0) is 18.9. The summed E-state index contributed by atoms with van der Waals surface area (Å²) in [4.78, 5) is 38.1. The second kappa shape index (κ2) is 7.22. The minimum atomic E-state index is -1.34. The van der Waals surface area contributed by atoms with Gasteiger partial charge in [0, 0.05) is 21.7 Å². The van der Waals surface area contributed by atoms with E-state index < -0.39 is 23.4 Å². The summed E-state index contributed by atoms with van der Waals surface area (Å²) in [6, 6.07) is 3.99. The first-order chi connectivity index (χ1) is 11.6. The Labute approximate surface area is 156 Å². The summed E-state index contributed by atoms with van der Waals surface area (Å²) in [5, 5.41) is 6.09. The number of urea groups is 1. The second-order valence-electron chi connectivity index (χ2n) is 6.67. The first-order valence-electron chi connectivity index (χ1n) is 7.95. The third-order valence-corrected chi connectivity index (χ3v) is 4.98. The molecule has 0 unspecified atom stereocenters. The molecule has 25 heavy (non-hydrogen) atoms. The van der Waals surface area contributed by atoms with Crippen molar-refractivity contribution >= 4 is 41.0 Å². The van der Waals surface area contributed by atoms with Crippen molar-refractivity contribution in [1.82, 2.24) is 15.5 Å². The first kappa shape index (κ1) is 19.5. The van der Waals surface area contributed by atoms with Crippen LogP contribution in [-0.2, 0) is 15.1 Å². The van der Waals surface area contributed by atoms with Crippen molar-refractivity contribution in [3.8, 4) is 0 Å². The minimum absolute atomic E-state index is 0.0645. The number of hydrogen-bond donors (Lipinski definition) is 2. The molecule has 1 fully saturated rings. The van der Waals surface area contributed by atoms with Crippen LogP contribution < -0.4 is 10.6 Å². The average molecular weight is 386 g/mol. The van der Waals surface area contributed by atoms with Crippen LogP contribution in [0.25, 0.3) is 0 Å². The lowest BCUT2D eigenvalue weighted by Gasteiger charge is -2.24. The van der Waals surface area contributed by atoms with Gasteiger partial charge in [-0.3, -0.25) is 14.5 Å². The van der Waals surface area contributed by atoms with Crippen LogP contribution in [0.3, 0.4) is 0 Å². The van der Waals surface area contributed by atoms with Gasteiger partial charge in [-0.2, -0.15) is 0 Å². The van der Waals surface area contributed by atoms with Gasteiger partial charge in [-0.15, -0.1) is 0 Å². The number of carbonyl (C=O) groups excluding carboxylic acids is 3. The highest BCUT2D eigenvalue weighted by Gasteiger charge is 2.50. The molecule has 0 saturated carbocycles. The quantitative estimate of drug-likeness (QED) is 0.764. The summed E-state index contributed by atoms with van der Waals surface area (Å²) in [6.07, 6.45) is 0. The van der Waals surface area contributed by atoms with E-state index in [9.17, 15) is 14.4 Å². The Morgan fingerprint density at radius 2 is 1.92 bits per heavy atom. The standard InChI is InChI=1S/C17H21Cl2N3O3/c1-9(2)10(3)20-14(23)8-22-15(24)17(4,21-16(22)25)12-6-5-11(18)7-13(12)19/h5-7,9-10H,8H2,1-4H3,(H,20,23)(H,21,25)/t10-,17+/m1/s1. The van der Waals surface area contributed by atoms with Crippen LogP contribution in [0.4, 0.5) is 4.79 Å². The average Bonchev–Trinajstić information content (AvgIpc) is 2.71. The molecule has 1 aliphatic heterocycles. The summed E-state index contributed by atoms with van der Waals surface area (Å²) < 4.78 is 0. The van der Waals surface area contributed by atoms with Gasteiger partial charge in [-0.1, -0.05) is 43.1 Å². The number of nitrogens with zero attached hydrogens (tertiary/aromatic N) is 1. The van der Waals surface area contributed by atoms with Crippen molar-refractivity contribution in [2.75, 3.05) is 6.54 Å². The predicted octanol–water partition coefficient (Wildman–Crippen LogP) is 2.92. The maximum absolute atomic E-state index is 12.8. The lowest BCUT2D eigenvalue weighted by atomic mass is 9.92. The Morgan fingerprint density at radius 3 is 2.48 bits per heavy atom. The molecule has 2 N–H and O–H groups in total. The second-order valence-corrected chi connectivity index (χ2v) is 7.51. The number of carbonyl (C=O) groups is 3. The molecule has 0 aliphatic carbocycles. The number of amides is 4. The monoisotopic (exact) mass is 385 g/mol. The molecule has 1 heterocycles. The molecule has 0 bridgehead atoms. The molecule has 6 nitrogen and oxygen atoms in total. The Kier molecular flexibility index (Phi) is 5.64. The lowest BCUT2D eigenvalue weighted by Crippen LogP contribution is -2.46. The number of benzene rings is 1. The molecule has 136 valence electrons. The van der Waals surface area contributed by atoms with Crippen LogP contribution in [-0.4, -0.2) is 35.3 Å². The fraction of sp³-hybridized carbons (Fsp3) is 0.471. The summed E-state index contributed by atoms with van der Waals surface area (Å²) in [5.41, 5.74) is -0.918. The van der Waals surface area contributed by atoms with Crippen LogP contribution in [0.1, 0.15) is 33.3 Å². The largest absolute Gasteiger partial charge is 0.352 e. The van der Waals surface area contributed by atoms with E-state index in [4.69, 9.17) is 23.2 Å². The van der Waals surface area contributed by atoms with Gasteiger partial charge in [0.15, 0.2) is 0 Å². The van der Waals surface area contributed by atoms with E-state index in [1.807, 2.05) is 20.8 Å². The zero-order valence-electron chi connectivity index (χ0n) is 14.5. The van der Waals surface area contributed by atoms with Gasteiger partial charge >= 0.3 is 6.03 Å². The Balaban J connectivity index is 2.20. The molecule has 1 aliphatic rings. The number of rotatable bonds is 5. The van der Waals surface area contributed by atoms with Crippen LogP contribution in [0, 0.1) is 5.92 Å². The third kappa shape index (κ3) is 3.90. The van der Waals surface area contributed by atoms with E-state index in [0.29, 0.717) is 10.6 Å². The fourth-order valence-electron chi connectivity index (χ4n) is 2.53. The number of halogens is 2. The van der Waals surface area contributed by atoms with Crippen molar-refractivity contribution < 1.29 is 14.4 Å². The summed E-state index contributed by atoms with van der Waals surface area (Å²) >= 11 is 12.1. The normalized spacial score (nSPS) is 21.5. The molecule has 1 aromatic rings. The van der Waals surface area contributed by atoms with Crippen LogP contribution in [0.15, 0.2) is 18.2 Å². The molecule has 4 amide bonds. The summed E-state index contributed by atoms with van der Waals surface area (Å²) in [6.45, 7) is 7.02. The van der Waals surface area contributed by atoms with E-state index >= 15 is 0 Å². The molecule has 0 radical (unpaired) electrons. The van der Waals surface area contributed by atoms with Crippen LogP contribution in [0.2, 0.25) is 10.0 Å². The first-order valence-corrected chi connectivity index (χ1v) is 8.71. The van der Waals surface area contributed by atoms with Crippen molar-refractivity contribution in [2.24, 2.45) is 5.92 Å². The molecule has 1 aromatic carbocycles. The maximum atomic E-state index is 12.8. The van der Waals surface area contributed by atoms with Crippen LogP contribution in [0.5, 0.6) is 0 Å². The molecule has 8 heteroatoms. The van der Waals surface area contributed by atoms with Gasteiger partial charge in [0.05, 0.1) is 0 Å². The molecular weight excluding hydrogens is 365 g/mol. The number of hydrogen-bond acceptors (Lipinski definition) is 3. The molecule has 2 atom stereocenters. The van der Waals surface area contributed by atoms with Gasteiger partial charge in [-0.25, -0.2) is 4.79 Å². The molecule has 1 saturated heterocycles. The summed E-state index contributed by atoms with van der Waals surface area (Å²) in [7, 11) is 0. The highest BCUT2D eigenvalue weighted by atomic mass is 35.5. The Hall–Kier alpha value is -1.79. The maximum Gasteiger partial charge on any atom is 0.325 e. The highest BCUT2D eigenvalue weighted by molar-refractivity contribution is 6.35. The van der Waals surface area contributed by atoms with E-state index in [1.54, 1.807) is 19.1 Å². The SMILES string of the molecule is CC(C)[C@@H](C)NC(=O)CN1C(=O)N[C@@](C)(c2ccc(Cl)cc2Cl)C1=O. The van der Waals surface area contributed by atoms with Crippen molar-refractivity contribution in [3.05, 3.63) is 33.8 Å². The minimum Gasteiger partial charge on any atom is -0.352 e. The smallest absolute Gasteiger partial charge is 0.325 e. The van der Waals surface area contributed by atoms with Crippen molar-refractivity contribution in [3.63, 3.8) is 0 Å². The molecule has 0 aromatic heterocycles. The highest BCUT2D eigenvalue weighted by Crippen LogP contribution is 2.34. The van der Waals surface area contributed by atoms with Gasteiger partial charge in [0.2, 0.25) is 5.91 Å². The lowest BCUT2D eigenvalue weighted by molar-refractivity contribution is -0.135. The summed E-state index contributed by atoms with van der Waals surface area (Å²) in [5.74, 6) is -0.685. The van der Waals surface area contributed by atoms with Gasteiger partial charge in [0.25, 0.3) is 5.91 Å². The predicted molar refractivity (Wildman–Crippen MR) is 96.5 cm³/mol. The van der Waals surface area contributed by atoms with Crippen molar-refractivity contribution in [2.45, 2.75) is 39.3 Å². The van der Waals surface area contributed by atoms with E-state index in [0.717, 1.165) is 4.90 Å². The van der Waals surface area contributed by atoms with Crippen LogP contribution >= 0.6 is 23.2 Å². The molecular formula is C17H21Cl2N3O3. The Bertz CT molecular complexity index is 723. The topological polar surface area (TPSA) is 78.5 Å². The molecule has 2 rings (SSSR count). The van der Waals surface area contributed by atoms with Gasteiger partial charge in [0.1, 0.15) is 12.1 Å². The molecule has 0 spiro atoms. The fourth-order valence-corrected chi connectivity index (χ4v) is 3.13. The van der Waals surface area contributed by atoms with E-state index in [1.165, 1.54) is 6.07 Å². The van der Waals surface area contributed by atoms with Crippen molar-refractivity contribution in [1.29, 1.82) is 0 Å². The van der Waals surface area contributed by atoms with Gasteiger partial charge in [-0.05, 0) is 31.9 Å². The number of nitrogens with one attached hydrogen (secondary N) is 2. The van der Waals surface area contributed by atoms with Gasteiger partial charge < -0.3 is 10.6 Å².